The fourth-order valence-electron chi connectivity index (χ4n) is 1.73. The van der Waals surface area contributed by atoms with E-state index in [2.05, 4.69) is 23.2 Å². The number of carboxylic acid groups (broad SMARTS) is 1. The molecule has 0 aliphatic heterocycles. The Labute approximate surface area is 117 Å². The van der Waals surface area contributed by atoms with E-state index in [1.807, 2.05) is 25.3 Å². The van der Waals surface area contributed by atoms with Crippen molar-refractivity contribution < 1.29 is 14.7 Å². The van der Waals surface area contributed by atoms with Crippen LogP contribution < -0.4 is 5.73 Å². The van der Waals surface area contributed by atoms with E-state index in [1.165, 1.54) is 10.9 Å². The molecule has 0 saturated carbocycles. The van der Waals surface area contributed by atoms with Crippen LogP contribution in [-0.2, 0) is 9.59 Å². The molecule has 0 radical (unpaired) electrons. The highest BCUT2D eigenvalue weighted by molar-refractivity contribution is 5.87. The quantitative estimate of drug-likeness (QED) is 0.780. The molecule has 20 heavy (non-hydrogen) atoms. The Bertz CT molecular complexity index is 533. The van der Waals surface area contributed by atoms with Crippen LogP contribution in [0.3, 0.4) is 0 Å². The number of rotatable bonds is 5. The highest BCUT2D eigenvalue weighted by atomic mass is 16.4. The average molecular weight is 276 g/mol. The number of nitrogens with two attached hydrogens (primary N) is 1. The van der Waals surface area contributed by atoms with Crippen molar-refractivity contribution in [3.63, 3.8) is 0 Å². The molecule has 1 aromatic carbocycles. The summed E-state index contributed by atoms with van der Waals surface area (Å²) >= 11 is 0. The van der Waals surface area contributed by atoms with E-state index in [0.29, 0.717) is 12.8 Å². The van der Waals surface area contributed by atoms with Gasteiger partial charge in [0.25, 0.3) is 0 Å². The van der Waals surface area contributed by atoms with Crippen molar-refractivity contribution in [3.8, 4) is 0 Å². The first-order valence-corrected chi connectivity index (χ1v) is 6.56. The van der Waals surface area contributed by atoms with Crippen LogP contribution >= 0.6 is 0 Å². The molecule has 0 aliphatic rings. The molecule has 0 bridgehead atoms. The van der Waals surface area contributed by atoms with Gasteiger partial charge in [0.15, 0.2) is 0 Å². The molecule has 2 aromatic rings. The smallest absolute Gasteiger partial charge is 0.305 e. The van der Waals surface area contributed by atoms with Gasteiger partial charge < -0.3 is 15.8 Å². The molecule has 108 valence electrons. The highest BCUT2D eigenvalue weighted by Gasteiger charge is 2.15. The van der Waals surface area contributed by atoms with Gasteiger partial charge in [-0.3, -0.25) is 9.59 Å². The number of hydrogen-bond donors (Lipinski definition) is 3. The number of H-pyrrole nitrogens is 1. The molecule has 0 fully saturated rings. The minimum absolute atomic E-state index is 0.171. The molecule has 0 amide bonds. The van der Waals surface area contributed by atoms with Gasteiger partial charge in [-0.2, -0.15) is 0 Å². The molecule has 0 spiro atoms. The van der Waals surface area contributed by atoms with Crippen molar-refractivity contribution in [1.29, 1.82) is 0 Å². The molecule has 0 saturated heterocycles. The van der Waals surface area contributed by atoms with Crippen LogP contribution in [0, 0.1) is 0 Å². The van der Waals surface area contributed by atoms with Crippen molar-refractivity contribution in [3.05, 3.63) is 36.5 Å². The summed E-state index contributed by atoms with van der Waals surface area (Å²) in [5, 5.41) is 9.54. The lowest BCUT2D eigenvalue weighted by atomic mass is 10.1. The lowest BCUT2D eigenvalue weighted by Gasteiger charge is -2.05. The van der Waals surface area contributed by atoms with Gasteiger partial charge in [0, 0.05) is 18.1 Å². The van der Waals surface area contributed by atoms with Gasteiger partial charge in [-0.15, -0.1) is 0 Å². The predicted octanol–water partition coefficient (Wildman–Crippen LogP) is 2.33. The lowest BCUT2D eigenvalue weighted by molar-refractivity contribution is -0.139. The number of benzene rings is 1. The summed E-state index contributed by atoms with van der Waals surface area (Å²) in [6.45, 7) is 1.85. The largest absolute Gasteiger partial charge is 0.481 e. The number of aliphatic carboxylic acids is 1. The molecule has 1 aromatic heterocycles. The number of fused-ring (bicyclic) bond motifs is 1. The zero-order chi connectivity index (χ0) is 15.0. The van der Waals surface area contributed by atoms with E-state index >= 15 is 0 Å². The third-order valence-electron chi connectivity index (χ3n) is 2.77. The molecule has 4 N–H and O–H groups in total. The van der Waals surface area contributed by atoms with Crippen LogP contribution in [0.25, 0.3) is 10.9 Å². The molecular formula is C15H20N2O3. The van der Waals surface area contributed by atoms with E-state index in [1.54, 1.807) is 0 Å². The van der Waals surface area contributed by atoms with Crippen LogP contribution in [0.15, 0.2) is 36.5 Å². The third-order valence-corrected chi connectivity index (χ3v) is 2.77. The SMILES string of the molecule is CCCC(=O)C(N)CC(=O)O.c1ccc2[nH]ccc2c1. The van der Waals surface area contributed by atoms with E-state index in [4.69, 9.17) is 10.8 Å². The van der Waals surface area contributed by atoms with Gasteiger partial charge in [-0.25, -0.2) is 0 Å². The van der Waals surface area contributed by atoms with Crippen molar-refractivity contribution in [2.45, 2.75) is 32.2 Å². The number of hydrogen-bond acceptors (Lipinski definition) is 3. The number of ketones is 1. The van der Waals surface area contributed by atoms with Crippen LogP contribution in [0.4, 0.5) is 0 Å². The monoisotopic (exact) mass is 276 g/mol. The van der Waals surface area contributed by atoms with E-state index < -0.39 is 12.0 Å². The lowest BCUT2D eigenvalue weighted by Crippen LogP contribution is -2.32. The molecule has 0 aliphatic carbocycles. The summed E-state index contributed by atoms with van der Waals surface area (Å²) in [4.78, 5) is 24.1. The Morgan fingerprint density at radius 3 is 2.60 bits per heavy atom. The predicted molar refractivity (Wildman–Crippen MR) is 78.4 cm³/mol. The zero-order valence-corrected chi connectivity index (χ0v) is 11.5. The first-order chi connectivity index (χ1) is 9.54. The van der Waals surface area contributed by atoms with Gasteiger partial charge in [0.05, 0.1) is 12.5 Å². The Morgan fingerprint density at radius 2 is 2.00 bits per heavy atom. The number of carbonyl (C=O) groups excluding carboxylic acids is 1. The number of Topliss-reactive ketones (excluding diaryl/α,β-unsaturated/α-hetero) is 1. The highest BCUT2D eigenvalue weighted by Crippen LogP contribution is 2.09. The van der Waals surface area contributed by atoms with E-state index in [0.717, 1.165) is 0 Å². The van der Waals surface area contributed by atoms with Gasteiger partial charge >= 0.3 is 5.97 Å². The van der Waals surface area contributed by atoms with Crippen LogP contribution in [-0.4, -0.2) is 27.9 Å². The number of carboxylic acids is 1. The van der Waals surface area contributed by atoms with Crippen molar-refractivity contribution in [2.24, 2.45) is 5.73 Å². The molecule has 2 rings (SSSR count). The van der Waals surface area contributed by atoms with Crippen LogP contribution in [0.1, 0.15) is 26.2 Å². The zero-order valence-electron chi connectivity index (χ0n) is 11.5. The standard InChI is InChI=1S/C8H7N.C7H13NO3/c1-2-4-8-7(3-1)5-6-9-8;1-2-3-6(9)5(8)4-7(10)11/h1-6,9H;5H,2-4,8H2,1H3,(H,10,11). The first kappa shape index (κ1) is 15.9. The van der Waals surface area contributed by atoms with Gasteiger partial charge in [-0.05, 0) is 23.9 Å². The molecule has 1 heterocycles. The number of carbonyl (C=O) groups is 2. The third kappa shape index (κ3) is 5.24. The van der Waals surface area contributed by atoms with Gasteiger partial charge in [0.1, 0.15) is 5.78 Å². The molecular weight excluding hydrogens is 256 g/mol. The minimum Gasteiger partial charge on any atom is -0.481 e. The first-order valence-electron chi connectivity index (χ1n) is 6.56. The summed E-state index contributed by atoms with van der Waals surface area (Å²) in [5.41, 5.74) is 6.48. The van der Waals surface area contributed by atoms with Crippen molar-refractivity contribution in [1.82, 2.24) is 4.98 Å². The summed E-state index contributed by atoms with van der Waals surface area (Å²) in [6.07, 6.45) is 2.77. The summed E-state index contributed by atoms with van der Waals surface area (Å²) in [7, 11) is 0. The topological polar surface area (TPSA) is 96.2 Å². The number of aromatic nitrogens is 1. The summed E-state index contributed by atoms with van der Waals surface area (Å²) < 4.78 is 0. The van der Waals surface area contributed by atoms with Crippen LogP contribution in [0.5, 0.6) is 0 Å². The molecule has 1 unspecified atom stereocenters. The second-order valence-electron chi connectivity index (χ2n) is 4.49. The Hall–Kier alpha value is -2.14. The fraction of sp³-hybridized carbons (Fsp3) is 0.333. The van der Waals surface area contributed by atoms with Gasteiger partial charge in [-0.1, -0.05) is 25.1 Å². The fourth-order valence-corrected chi connectivity index (χ4v) is 1.73. The van der Waals surface area contributed by atoms with E-state index in [-0.39, 0.29) is 12.2 Å². The summed E-state index contributed by atoms with van der Waals surface area (Å²) in [5.74, 6) is -1.20. The van der Waals surface area contributed by atoms with Crippen molar-refractivity contribution >= 4 is 22.7 Å². The number of aromatic amines is 1. The average Bonchev–Trinajstić information content (AvgIpc) is 2.87. The maximum atomic E-state index is 10.9. The minimum atomic E-state index is -1.03. The normalized spacial score (nSPS) is 11.5. The van der Waals surface area contributed by atoms with E-state index in [9.17, 15) is 9.59 Å². The van der Waals surface area contributed by atoms with Gasteiger partial charge in [0.2, 0.25) is 0 Å². The Balaban J connectivity index is 0.000000202. The van der Waals surface area contributed by atoms with Crippen LogP contribution in [0.2, 0.25) is 0 Å². The maximum Gasteiger partial charge on any atom is 0.305 e. The maximum absolute atomic E-state index is 10.9. The molecule has 1 atom stereocenters. The molecule has 5 nitrogen and oxygen atoms in total. The second-order valence-corrected chi connectivity index (χ2v) is 4.49. The second kappa shape index (κ2) is 8.12. The number of para-hydroxylation sites is 1. The Kier molecular flexibility index (Phi) is 6.46. The van der Waals surface area contributed by atoms with Crippen molar-refractivity contribution in [2.75, 3.05) is 0 Å². The summed E-state index contributed by atoms with van der Waals surface area (Å²) in [6, 6.07) is 9.46. The number of nitrogens with one attached hydrogen (secondary N) is 1. The molecule has 5 heteroatoms. The Morgan fingerprint density at radius 1 is 1.30 bits per heavy atom.